The molecule has 0 bridgehead atoms. The van der Waals surface area contributed by atoms with Crippen LogP contribution in [0.15, 0.2) is 65.6 Å². The zero-order chi connectivity index (χ0) is 21.8. The van der Waals surface area contributed by atoms with Crippen LogP contribution >= 0.6 is 11.8 Å². The molecular weight excluding hydrogens is 416 g/mol. The second-order valence-electron chi connectivity index (χ2n) is 8.78. The average Bonchev–Trinajstić information content (AvgIpc) is 3.11. The molecule has 5 nitrogen and oxygen atoms in total. The zero-order valence-corrected chi connectivity index (χ0v) is 19.2. The van der Waals surface area contributed by atoms with Crippen molar-refractivity contribution in [3.8, 4) is 0 Å². The van der Waals surface area contributed by atoms with E-state index in [0.717, 1.165) is 61.0 Å². The predicted octanol–water partition coefficient (Wildman–Crippen LogP) is 5.24. The fourth-order valence-electron chi connectivity index (χ4n) is 4.89. The molecule has 2 atom stereocenters. The van der Waals surface area contributed by atoms with Gasteiger partial charge in [0.1, 0.15) is 16.9 Å². The topological polar surface area (TPSA) is 51.0 Å². The van der Waals surface area contributed by atoms with E-state index in [-0.39, 0.29) is 17.1 Å². The maximum atomic E-state index is 13.8. The molecule has 5 rings (SSSR count). The van der Waals surface area contributed by atoms with Crippen molar-refractivity contribution < 1.29 is 4.79 Å². The van der Waals surface area contributed by atoms with Gasteiger partial charge in [0.05, 0.1) is 0 Å². The van der Waals surface area contributed by atoms with E-state index >= 15 is 0 Å². The van der Waals surface area contributed by atoms with Crippen molar-refractivity contribution in [1.29, 1.82) is 0 Å². The molecule has 0 spiro atoms. The molecule has 0 N–H and O–H groups in total. The Labute approximate surface area is 194 Å². The van der Waals surface area contributed by atoms with Gasteiger partial charge >= 0.3 is 0 Å². The number of thioether (sulfide) groups is 1. The molecule has 3 heterocycles. The lowest BCUT2D eigenvalue weighted by atomic mass is 9.96. The van der Waals surface area contributed by atoms with E-state index in [1.807, 2.05) is 36.4 Å². The van der Waals surface area contributed by atoms with Gasteiger partial charge in [-0.1, -0.05) is 55.0 Å². The third-order valence-electron chi connectivity index (χ3n) is 6.56. The molecule has 0 saturated carbocycles. The van der Waals surface area contributed by atoms with Crippen molar-refractivity contribution in [2.75, 3.05) is 13.1 Å². The number of likely N-dealkylation sites (tertiary alicyclic amines) is 1. The Kier molecular flexibility index (Phi) is 6.58. The van der Waals surface area contributed by atoms with Gasteiger partial charge in [-0.25, -0.2) is 0 Å². The minimum Gasteiger partial charge on any atom is -0.341 e. The van der Waals surface area contributed by atoms with Crippen LogP contribution in [0.5, 0.6) is 0 Å². The Hall–Kier alpha value is -2.60. The van der Waals surface area contributed by atoms with E-state index in [4.69, 9.17) is 0 Å². The molecule has 3 aromatic rings. The number of carbonyl (C=O) groups is 1. The molecule has 0 radical (unpaired) electrons. The first-order valence-electron chi connectivity index (χ1n) is 11.8. The summed E-state index contributed by atoms with van der Waals surface area (Å²) in [6, 6.07) is 20.4. The number of rotatable bonds is 5. The predicted molar refractivity (Wildman–Crippen MR) is 128 cm³/mol. The Morgan fingerprint density at radius 2 is 1.69 bits per heavy atom. The number of amides is 1. The highest BCUT2D eigenvalue weighted by Gasteiger charge is 2.33. The fourth-order valence-corrected chi connectivity index (χ4v) is 6.02. The van der Waals surface area contributed by atoms with Crippen LogP contribution in [0.2, 0.25) is 0 Å². The third kappa shape index (κ3) is 4.60. The quantitative estimate of drug-likeness (QED) is 0.503. The van der Waals surface area contributed by atoms with Gasteiger partial charge in [0, 0.05) is 36.9 Å². The normalized spacial score (nSPS) is 19.8. The standard InChI is InChI=1S/C26H30N4OS/c31-26(24(20-11-4-1-5-12-20)32-22-14-6-2-7-15-22)29-17-10-13-21(19-29)25-28-27-23-16-8-3-9-18-30(23)25/h1-2,4-7,11-12,14-15,21,24H,3,8-10,13,16-19H2/t21-,24-/m1/s1. The maximum Gasteiger partial charge on any atom is 0.240 e. The first-order valence-corrected chi connectivity index (χ1v) is 12.6. The Morgan fingerprint density at radius 3 is 2.50 bits per heavy atom. The lowest BCUT2D eigenvalue weighted by Crippen LogP contribution is -2.41. The molecule has 1 saturated heterocycles. The van der Waals surface area contributed by atoms with Crippen molar-refractivity contribution in [2.24, 2.45) is 0 Å². The summed E-state index contributed by atoms with van der Waals surface area (Å²) >= 11 is 1.64. The number of aryl methyl sites for hydroxylation is 1. The highest BCUT2D eigenvalue weighted by atomic mass is 32.2. The van der Waals surface area contributed by atoms with E-state index in [1.165, 1.54) is 19.3 Å². The van der Waals surface area contributed by atoms with Crippen LogP contribution in [0, 0.1) is 0 Å². The molecule has 2 aliphatic rings. The lowest BCUT2D eigenvalue weighted by Gasteiger charge is -2.34. The van der Waals surface area contributed by atoms with Gasteiger partial charge < -0.3 is 9.47 Å². The second kappa shape index (κ2) is 9.90. The van der Waals surface area contributed by atoms with Gasteiger partial charge in [0.25, 0.3) is 0 Å². The molecule has 6 heteroatoms. The monoisotopic (exact) mass is 446 g/mol. The minimum absolute atomic E-state index is 0.199. The van der Waals surface area contributed by atoms with E-state index in [1.54, 1.807) is 11.8 Å². The third-order valence-corrected chi connectivity index (χ3v) is 7.81. The molecule has 32 heavy (non-hydrogen) atoms. The highest BCUT2D eigenvalue weighted by molar-refractivity contribution is 8.00. The summed E-state index contributed by atoms with van der Waals surface area (Å²) in [4.78, 5) is 17.0. The van der Waals surface area contributed by atoms with Gasteiger partial charge in [-0.05, 0) is 43.4 Å². The van der Waals surface area contributed by atoms with Crippen molar-refractivity contribution in [3.63, 3.8) is 0 Å². The Balaban J connectivity index is 1.37. The molecule has 1 aromatic heterocycles. The average molecular weight is 447 g/mol. The summed E-state index contributed by atoms with van der Waals surface area (Å²) in [5.41, 5.74) is 1.06. The van der Waals surface area contributed by atoms with E-state index in [0.29, 0.717) is 0 Å². The minimum atomic E-state index is -0.243. The smallest absolute Gasteiger partial charge is 0.240 e. The van der Waals surface area contributed by atoms with Gasteiger partial charge in [-0.15, -0.1) is 22.0 Å². The molecule has 1 amide bonds. The van der Waals surface area contributed by atoms with Crippen LogP contribution in [0.3, 0.4) is 0 Å². The van der Waals surface area contributed by atoms with Gasteiger partial charge in [0.15, 0.2) is 0 Å². The van der Waals surface area contributed by atoms with Crippen LogP contribution in [0.1, 0.15) is 60.5 Å². The largest absolute Gasteiger partial charge is 0.341 e. The van der Waals surface area contributed by atoms with E-state index in [2.05, 4.69) is 43.9 Å². The Bertz CT molecular complexity index is 1040. The summed E-state index contributed by atoms with van der Waals surface area (Å²) in [5.74, 6) is 2.68. The number of aromatic nitrogens is 3. The van der Waals surface area contributed by atoms with Crippen LogP contribution in [-0.2, 0) is 17.8 Å². The molecule has 0 aliphatic carbocycles. The van der Waals surface area contributed by atoms with Crippen molar-refractivity contribution >= 4 is 17.7 Å². The number of piperidine rings is 1. The van der Waals surface area contributed by atoms with Crippen LogP contribution in [0.4, 0.5) is 0 Å². The van der Waals surface area contributed by atoms with Crippen molar-refractivity contribution in [1.82, 2.24) is 19.7 Å². The van der Waals surface area contributed by atoms with Crippen LogP contribution < -0.4 is 0 Å². The zero-order valence-electron chi connectivity index (χ0n) is 18.4. The Morgan fingerprint density at radius 1 is 0.906 bits per heavy atom. The fraction of sp³-hybridized carbons (Fsp3) is 0.423. The number of benzene rings is 2. The number of hydrogen-bond acceptors (Lipinski definition) is 4. The van der Waals surface area contributed by atoms with Gasteiger partial charge in [0.2, 0.25) is 5.91 Å². The van der Waals surface area contributed by atoms with Crippen LogP contribution in [-0.4, -0.2) is 38.7 Å². The summed E-state index contributed by atoms with van der Waals surface area (Å²) < 4.78 is 2.35. The number of fused-ring (bicyclic) bond motifs is 1. The van der Waals surface area contributed by atoms with Gasteiger partial charge in [-0.2, -0.15) is 0 Å². The van der Waals surface area contributed by atoms with Crippen LogP contribution in [0.25, 0.3) is 0 Å². The number of hydrogen-bond donors (Lipinski definition) is 0. The molecule has 2 aromatic carbocycles. The van der Waals surface area contributed by atoms with Crippen molar-refractivity contribution in [3.05, 3.63) is 77.9 Å². The summed E-state index contributed by atoms with van der Waals surface area (Å²) in [6.45, 7) is 2.56. The SMILES string of the molecule is O=C([C@H](Sc1ccccc1)c1ccccc1)N1CCC[C@@H](c2nnc3n2CCCCC3)C1. The summed E-state index contributed by atoms with van der Waals surface area (Å²) in [6.07, 6.45) is 6.75. The molecule has 1 fully saturated rings. The van der Waals surface area contributed by atoms with E-state index in [9.17, 15) is 4.79 Å². The molecular formula is C26H30N4OS. The molecule has 166 valence electrons. The summed E-state index contributed by atoms with van der Waals surface area (Å²) in [5, 5.41) is 8.86. The second-order valence-corrected chi connectivity index (χ2v) is 9.96. The molecule has 2 aliphatic heterocycles. The first kappa shape index (κ1) is 21.3. The number of carbonyl (C=O) groups excluding carboxylic acids is 1. The number of nitrogens with zero attached hydrogens (tertiary/aromatic N) is 4. The lowest BCUT2D eigenvalue weighted by molar-refractivity contribution is -0.132. The van der Waals surface area contributed by atoms with Crippen molar-refractivity contribution in [2.45, 2.75) is 61.1 Å². The van der Waals surface area contributed by atoms with E-state index < -0.39 is 0 Å². The molecule has 0 unspecified atom stereocenters. The van der Waals surface area contributed by atoms with Gasteiger partial charge in [-0.3, -0.25) is 4.79 Å². The highest BCUT2D eigenvalue weighted by Crippen LogP contribution is 2.38. The summed E-state index contributed by atoms with van der Waals surface area (Å²) in [7, 11) is 0. The first-order chi connectivity index (χ1) is 15.8. The maximum absolute atomic E-state index is 13.8.